The first-order valence-corrected chi connectivity index (χ1v) is 8.85. The molecule has 7 nitrogen and oxygen atoms in total. The zero-order chi connectivity index (χ0) is 18.2. The van der Waals surface area contributed by atoms with Crippen molar-refractivity contribution in [1.29, 1.82) is 0 Å². The summed E-state index contributed by atoms with van der Waals surface area (Å²) in [5, 5.41) is 6.41. The molecule has 24 heavy (non-hydrogen) atoms. The van der Waals surface area contributed by atoms with E-state index in [0.29, 0.717) is 31.6 Å². The van der Waals surface area contributed by atoms with Gasteiger partial charge >= 0.3 is 0 Å². The lowest BCUT2D eigenvalue weighted by atomic mass is 10.1. The van der Waals surface area contributed by atoms with Crippen LogP contribution in [0.3, 0.4) is 0 Å². The number of guanidine groups is 1. The van der Waals surface area contributed by atoms with Crippen molar-refractivity contribution in [3.8, 4) is 0 Å². The van der Waals surface area contributed by atoms with Gasteiger partial charge in [-0.3, -0.25) is 4.79 Å². The molecule has 0 rings (SSSR count). The van der Waals surface area contributed by atoms with E-state index in [1.807, 2.05) is 6.92 Å². The molecule has 0 aliphatic heterocycles. The minimum Gasteiger partial charge on any atom is -0.382 e. The topological polar surface area (TPSA) is 75.2 Å². The Morgan fingerprint density at radius 1 is 1.08 bits per heavy atom. The summed E-state index contributed by atoms with van der Waals surface area (Å²) in [7, 11) is 3.45. The Balaban J connectivity index is 4.11. The molecule has 0 aromatic carbocycles. The Bertz CT molecular complexity index is 347. The summed E-state index contributed by atoms with van der Waals surface area (Å²) >= 11 is 0. The SMILES string of the molecule is CCOCCCNC(=NCC(=O)N(C)C)NCCOCCC(C)C. The van der Waals surface area contributed by atoms with Crippen LogP contribution in [0, 0.1) is 5.92 Å². The second kappa shape index (κ2) is 15.2. The van der Waals surface area contributed by atoms with Gasteiger partial charge in [-0.15, -0.1) is 0 Å². The number of hydrogen-bond acceptors (Lipinski definition) is 4. The third-order valence-corrected chi connectivity index (χ3v) is 3.21. The Hall–Kier alpha value is -1.34. The first-order valence-electron chi connectivity index (χ1n) is 8.85. The molecule has 7 heteroatoms. The van der Waals surface area contributed by atoms with Gasteiger partial charge in [-0.2, -0.15) is 0 Å². The Morgan fingerprint density at radius 2 is 1.79 bits per heavy atom. The maximum atomic E-state index is 11.7. The van der Waals surface area contributed by atoms with Crippen LogP contribution in [-0.2, 0) is 14.3 Å². The fourth-order valence-electron chi connectivity index (χ4n) is 1.65. The van der Waals surface area contributed by atoms with Gasteiger partial charge in [0.25, 0.3) is 0 Å². The van der Waals surface area contributed by atoms with E-state index in [-0.39, 0.29) is 12.5 Å². The minimum atomic E-state index is -0.0291. The highest BCUT2D eigenvalue weighted by molar-refractivity contribution is 5.84. The first-order chi connectivity index (χ1) is 11.5. The molecule has 0 saturated heterocycles. The number of nitrogens with one attached hydrogen (secondary N) is 2. The molecule has 0 heterocycles. The molecule has 0 spiro atoms. The van der Waals surface area contributed by atoms with E-state index in [9.17, 15) is 4.79 Å². The third-order valence-electron chi connectivity index (χ3n) is 3.21. The van der Waals surface area contributed by atoms with E-state index in [0.717, 1.165) is 32.6 Å². The summed E-state index contributed by atoms with van der Waals surface area (Å²) in [6.45, 7) is 10.7. The second-order valence-electron chi connectivity index (χ2n) is 6.15. The summed E-state index contributed by atoms with van der Waals surface area (Å²) in [4.78, 5) is 17.5. The molecule has 2 N–H and O–H groups in total. The highest BCUT2D eigenvalue weighted by Crippen LogP contribution is 1.98. The number of carbonyl (C=O) groups excluding carboxylic acids is 1. The predicted molar refractivity (Wildman–Crippen MR) is 98.4 cm³/mol. The lowest BCUT2D eigenvalue weighted by molar-refractivity contribution is -0.127. The number of likely N-dealkylation sites (N-methyl/N-ethyl adjacent to an activating group) is 1. The molecule has 0 aliphatic rings. The molecule has 0 bridgehead atoms. The predicted octanol–water partition coefficient (Wildman–Crippen LogP) is 1.10. The van der Waals surface area contributed by atoms with Crippen LogP contribution in [0.1, 0.15) is 33.6 Å². The maximum Gasteiger partial charge on any atom is 0.243 e. The zero-order valence-corrected chi connectivity index (χ0v) is 16.1. The molecule has 0 aromatic heterocycles. The van der Waals surface area contributed by atoms with Crippen molar-refractivity contribution >= 4 is 11.9 Å². The van der Waals surface area contributed by atoms with Crippen molar-refractivity contribution in [2.24, 2.45) is 10.9 Å². The fraction of sp³-hybridized carbons (Fsp3) is 0.882. The monoisotopic (exact) mass is 344 g/mol. The van der Waals surface area contributed by atoms with Crippen molar-refractivity contribution in [2.45, 2.75) is 33.6 Å². The minimum absolute atomic E-state index is 0.0291. The van der Waals surface area contributed by atoms with Crippen LogP contribution in [0.2, 0.25) is 0 Å². The van der Waals surface area contributed by atoms with E-state index < -0.39 is 0 Å². The van der Waals surface area contributed by atoms with Gasteiger partial charge in [0.1, 0.15) is 6.54 Å². The van der Waals surface area contributed by atoms with Gasteiger partial charge in [-0.05, 0) is 25.7 Å². The van der Waals surface area contributed by atoms with Crippen LogP contribution in [0.4, 0.5) is 0 Å². The van der Waals surface area contributed by atoms with Crippen molar-refractivity contribution in [3.63, 3.8) is 0 Å². The van der Waals surface area contributed by atoms with Gasteiger partial charge in [0.2, 0.25) is 5.91 Å². The van der Waals surface area contributed by atoms with E-state index in [4.69, 9.17) is 9.47 Å². The summed E-state index contributed by atoms with van der Waals surface area (Å²) in [5.74, 6) is 1.26. The number of carbonyl (C=O) groups is 1. The van der Waals surface area contributed by atoms with Crippen LogP contribution < -0.4 is 10.6 Å². The largest absolute Gasteiger partial charge is 0.382 e. The Morgan fingerprint density at radius 3 is 2.42 bits per heavy atom. The molecular formula is C17H36N4O3. The number of nitrogens with zero attached hydrogens (tertiary/aromatic N) is 2. The third kappa shape index (κ3) is 14.3. The van der Waals surface area contributed by atoms with E-state index >= 15 is 0 Å². The average molecular weight is 345 g/mol. The Labute approximate surface area is 147 Å². The summed E-state index contributed by atoms with van der Waals surface area (Å²) in [6, 6.07) is 0. The van der Waals surface area contributed by atoms with Crippen LogP contribution in [0.5, 0.6) is 0 Å². The van der Waals surface area contributed by atoms with Crippen LogP contribution >= 0.6 is 0 Å². The number of hydrogen-bond donors (Lipinski definition) is 2. The van der Waals surface area contributed by atoms with Crippen LogP contribution in [0.25, 0.3) is 0 Å². The quantitative estimate of drug-likeness (QED) is 0.297. The molecule has 0 fully saturated rings. The molecule has 0 radical (unpaired) electrons. The van der Waals surface area contributed by atoms with Gasteiger partial charge in [0.15, 0.2) is 5.96 Å². The molecular weight excluding hydrogens is 308 g/mol. The number of ether oxygens (including phenoxy) is 2. The molecule has 0 aliphatic carbocycles. The molecule has 0 atom stereocenters. The van der Waals surface area contributed by atoms with Gasteiger partial charge in [-0.1, -0.05) is 13.8 Å². The lowest BCUT2D eigenvalue weighted by Crippen LogP contribution is -2.40. The van der Waals surface area contributed by atoms with Gasteiger partial charge < -0.3 is 25.0 Å². The van der Waals surface area contributed by atoms with Crippen LogP contribution in [-0.4, -0.2) is 76.9 Å². The van der Waals surface area contributed by atoms with Crippen molar-refractivity contribution in [1.82, 2.24) is 15.5 Å². The first kappa shape index (κ1) is 22.7. The average Bonchev–Trinajstić information content (AvgIpc) is 2.53. The molecule has 0 unspecified atom stereocenters. The fourth-order valence-corrected chi connectivity index (χ4v) is 1.65. The standard InChI is InChI=1S/C17H36N4O3/c1-6-23-11-7-9-18-17(20-14-16(22)21(4)5)19-10-13-24-12-8-15(2)3/h15H,6-14H2,1-5H3,(H2,18,19,20). The summed E-state index contributed by atoms with van der Waals surface area (Å²) in [6.07, 6.45) is 1.95. The van der Waals surface area contributed by atoms with Gasteiger partial charge in [0, 0.05) is 47.0 Å². The number of rotatable bonds is 13. The van der Waals surface area contributed by atoms with E-state index in [1.165, 1.54) is 4.90 Å². The highest BCUT2D eigenvalue weighted by Gasteiger charge is 2.04. The molecule has 0 aromatic rings. The van der Waals surface area contributed by atoms with E-state index in [1.54, 1.807) is 14.1 Å². The summed E-state index contributed by atoms with van der Waals surface area (Å²) < 4.78 is 10.9. The zero-order valence-electron chi connectivity index (χ0n) is 16.1. The normalized spacial score (nSPS) is 11.7. The molecule has 0 saturated carbocycles. The highest BCUT2D eigenvalue weighted by atomic mass is 16.5. The summed E-state index contributed by atoms with van der Waals surface area (Å²) in [5.41, 5.74) is 0. The maximum absolute atomic E-state index is 11.7. The Kier molecular flexibility index (Phi) is 14.4. The van der Waals surface area contributed by atoms with Crippen molar-refractivity contribution in [2.75, 3.05) is 60.2 Å². The lowest BCUT2D eigenvalue weighted by Gasteiger charge is -2.14. The van der Waals surface area contributed by atoms with Gasteiger partial charge in [-0.25, -0.2) is 4.99 Å². The number of aliphatic imine (C=N–C) groups is 1. The van der Waals surface area contributed by atoms with Crippen molar-refractivity contribution in [3.05, 3.63) is 0 Å². The van der Waals surface area contributed by atoms with Gasteiger partial charge in [0.05, 0.1) is 6.61 Å². The van der Waals surface area contributed by atoms with Crippen molar-refractivity contribution < 1.29 is 14.3 Å². The van der Waals surface area contributed by atoms with E-state index in [2.05, 4.69) is 29.5 Å². The molecule has 142 valence electrons. The number of amides is 1. The second-order valence-corrected chi connectivity index (χ2v) is 6.15. The van der Waals surface area contributed by atoms with Crippen LogP contribution in [0.15, 0.2) is 4.99 Å². The molecule has 1 amide bonds. The smallest absolute Gasteiger partial charge is 0.243 e.